The van der Waals surface area contributed by atoms with Crippen LogP contribution in [0.2, 0.25) is 0 Å². The molecule has 2 aromatic rings. The average molecular weight is 361 g/mol. The van der Waals surface area contributed by atoms with Crippen molar-refractivity contribution < 1.29 is 9.59 Å². The first-order valence-corrected chi connectivity index (χ1v) is 9.19. The SMILES string of the molecule is CC(C)N(Cc1ccc(C#N)cc1)C(=O)c1ccc(NC(=O)C2CC2)cc1. The average Bonchev–Trinajstić information content (AvgIpc) is 3.52. The number of rotatable bonds is 6. The maximum Gasteiger partial charge on any atom is 0.254 e. The standard InChI is InChI=1S/C22H23N3O2/c1-15(2)25(14-17-5-3-16(13-23)4-6-17)22(27)19-9-11-20(12-10-19)24-21(26)18-7-8-18/h3-6,9-12,15,18H,7-8,14H2,1-2H3,(H,24,26). The van der Waals surface area contributed by atoms with Crippen molar-refractivity contribution in [2.24, 2.45) is 5.92 Å². The fraction of sp³-hybridized carbons (Fsp3) is 0.318. The number of nitrogens with zero attached hydrogens (tertiary/aromatic N) is 2. The van der Waals surface area contributed by atoms with E-state index in [9.17, 15) is 9.59 Å². The van der Waals surface area contributed by atoms with Crippen LogP contribution in [0.5, 0.6) is 0 Å². The fourth-order valence-electron chi connectivity index (χ4n) is 2.82. The molecular formula is C22H23N3O2. The van der Waals surface area contributed by atoms with Crippen molar-refractivity contribution in [1.29, 1.82) is 5.26 Å². The van der Waals surface area contributed by atoms with Crippen LogP contribution in [0.1, 0.15) is 48.2 Å². The maximum atomic E-state index is 13.0. The zero-order valence-electron chi connectivity index (χ0n) is 15.6. The molecule has 0 saturated heterocycles. The minimum Gasteiger partial charge on any atom is -0.332 e. The molecular weight excluding hydrogens is 338 g/mol. The first-order chi connectivity index (χ1) is 13.0. The third-order valence-corrected chi connectivity index (χ3v) is 4.67. The van der Waals surface area contributed by atoms with E-state index in [4.69, 9.17) is 5.26 Å². The van der Waals surface area contributed by atoms with Crippen LogP contribution in [0, 0.1) is 17.2 Å². The third-order valence-electron chi connectivity index (χ3n) is 4.67. The molecule has 0 heterocycles. The predicted octanol–water partition coefficient (Wildman–Crippen LogP) is 3.96. The highest BCUT2D eigenvalue weighted by atomic mass is 16.2. The normalized spacial score (nSPS) is 13.1. The van der Waals surface area contributed by atoms with Gasteiger partial charge in [-0.15, -0.1) is 0 Å². The van der Waals surface area contributed by atoms with E-state index in [1.807, 2.05) is 26.0 Å². The molecule has 0 atom stereocenters. The molecule has 5 nitrogen and oxygen atoms in total. The second-order valence-electron chi connectivity index (χ2n) is 7.18. The summed E-state index contributed by atoms with van der Waals surface area (Å²) in [6.07, 6.45) is 1.92. The molecule has 0 spiro atoms. The molecule has 1 fully saturated rings. The summed E-state index contributed by atoms with van der Waals surface area (Å²) in [5, 5.41) is 11.8. The summed E-state index contributed by atoms with van der Waals surface area (Å²) >= 11 is 0. The Bertz CT molecular complexity index is 860. The van der Waals surface area contributed by atoms with Crippen LogP contribution in [0.25, 0.3) is 0 Å². The Morgan fingerprint density at radius 2 is 1.74 bits per heavy atom. The van der Waals surface area contributed by atoms with Crippen molar-refractivity contribution in [2.45, 2.75) is 39.3 Å². The van der Waals surface area contributed by atoms with E-state index in [2.05, 4.69) is 11.4 Å². The van der Waals surface area contributed by atoms with E-state index in [-0.39, 0.29) is 23.8 Å². The van der Waals surface area contributed by atoms with E-state index in [0.29, 0.717) is 23.4 Å². The quantitative estimate of drug-likeness (QED) is 0.846. The summed E-state index contributed by atoms with van der Waals surface area (Å²) in [5.74, 6) is 0.142. The molecule has 3 rings (SSSR count). The van der Waals surface area contributed by atoms with Crippen LogP contribution in [0.3, 0.4) is 0 Å². The van der Waals surface area contributed by atoms with Gasteiger partial charge in [-0.1, -0.05) is 12.1 Å². The molecule has 138 valence electrons. The second kappa shape index (κ2) is 8.05. The van der Waals surface area contributed by atoms with Crippen LogP contribution in [-0.2, 0) is 11.3 Å². The van der Waals surface area contributed by atoms with Gasteiger partial charge in [0.05, 0.1) is 11.6 Å². The molecule has 0 bridgehead atoms. The highest BCUT2D eigenvalue weighted by Gasteiger charge is 2.29. The number of nitriles is 1. The Hall–Kier alpha value is -3.13. The van der Waals surface area contributed by atoms with E-state index in [1.165, 1.54) is 0 Å². The van der Waals surface area contributed by atoms with Crippen molar-refractivity contribution in [2.75, 3.05) is 5.32 Å². The first kappa shape index (κ1) is 18.7. The minimum absolute atomic E-state index is 0.0300. The van der Waals surface area contributed by atoms with Gasteiger partial charge in [-0.3, -0.25) is 9.59 Å². The van der Waals surface area contributed by atoms with Crippen LogP contribution in [0.15, 0.2) is 48.5 Å². The summed E-state index contributed by atoms with van der Waals surface area (Å²) in [4.78, 5) is 26.6. The Morgan fingerprint density at radius 1 is 1.11 bits per heavy atom. The van der Waals surface area contributed by atoms with E-state index < -0.39 is 0 Å². The molecule has 5 heteroatoms. The van der Waals surface area contributed by atoms with Crippen molar-refractivity contribution in [3.05, 3.63) is 65.2 Å². The Morgan fingerprint density at radius 3 is 2.26 bits per heavy atom. The maximum absolute atomic E-state index is 13.0. The molecule has 0 aliphatic heterocycles. The number of carbonyl (C=O) groups is 2. The Labute approximate surface area is 159 Å². The van der Waals surface area contributed by atoms with Gasteiger partial charge in [0.2, 0.25) is 5.91 Å². The zero-order valence-corrected chi connectivity index (χ0v) is 15.6. The lowest BCUT2D eigenvalue weighted by Crippen LogP contribution is -2.36. The van der Waals surface area contributed by atoms with Crippen LogP contribution in [-0.4, -0.2) is 22.8 Å². The van der Waals surface area contributed by atoms with Gasteiger partial charge in [0.25, 0.3) is 5.91 Å². The summed E-state index contributed by atoms with van der Waals surface area (Å²) in [6, 6.07) is 16.4. The number of nitrogens with one attached hydrogen (secondary N) is 1. The highest BCUT2D eigenvalue weighted by molar-refractivity contribution is 5.97. The Balaban J connectivity index is 1.70. The van der Waals surface area contributed by atoms with Gasteiger partial charge in [-0.25, -0.2) is 0 Å². The fourth-order valence-corrected chi connectivity index (χ4v) is 2.82. The molecule has 1 N–H and O–H groups in total. The number of amides is 2. The van der Waals surface area contributed by atoms with E-state index in [1.54, 1.807) is 41.3 Å². The van der Waals surface area contributed by atoms with Gasteiger partial charge in [0.15, 0.2) is 0 Å². The molecule has 0 radical (unpaired) electrons. The van der Waals surface area contributed by atoms with Crippen LogP contribution < -0.4 is 5.32 Å². The predicted molar refractivity (Wildman–Crippen MR) is 104 cm³/mol. The molecule has 2 amide bonds. The highest BCUT2D eigenvalue weighted by Crippen LogP contribution is 2.30. The number of carbonyl (C=O) groups excluding carboxylic acids is 2. The van der Waals surface area contributed by atoms with Gasteiger partial charge in [-0.2, -0.15) is 5.26 Å². The zero-order chi connectivity index (χ0) is 19.4. The molecule has 1 aliphatic rings. The first-order valence-electron chi connectivity index (χ1n) is 9.19. The van der Waals surface area contributed by atoms with Crippen molar-refractivity contribution >= 4 is 17.5 Å². The lowest BCUT2D eigenvalue weighted by atomic mass is 10.1. The lowest BCUT2D eigenvalue weighted by Gasteiger charge is -2.27. The smallest absolute Gasteiger partial charge is 0.254 e. The van der Waals surface area contributed by atoms with Gasteiger partial charge in [0, 0.05) is 29.8 Å². The van der Waals surface area contributed by atoms with Gasteiger partial charge >= 0.3 is 0 Å². The van der Waals surface area contributed by atoms with Gasteiger partial charge < -0.3 is 10.2 Å². The van der Waals surface area contributed by atoms with Crippen LogP contribution >= 0.6 is 0 Å². The number of anilines is 1. The Kier molecular flexibility index (Phi) is 5.56. The summed E-state index contributed by atoms with van der Waals surface area (Å²) < 4.78 is 0. The van der Waals surface area contributed by atoms with Crippen molar-refractivity contribution in [1.82, 2.24) is 4.90 Å². The minimum atomic E-state index is -0.0607. The largest absolute Gasteiger partial charge is 0.332 e. The molecule has 1 aliphatic carbocycles. The molecule has 0 aromatic heterocycles. The third kappa shape index (κ3) is 4.73. The van der Waals surface area contributed by atoms with Crippen LogP contribution in [0.4, 0.5) is 5.69 Å². The van der Waals surface area contributed by atoms with Crippen molar-refractivity contribution in [3.8, 4) is 6.07 Å². The molecule has 2 aromatic carbocycles. The molecule has 1 saturated carbocycles. The topological polar surface area (TPSA) is 73.2 Å². The summed E-state index contributed by atoms with van der Waals surface area (Å²) in [7, 11) is 0. The van der Waals surface area contributed by atoms with Gasteiger partial charge in [-0.05, 0) is 68.7 Å². The summed E-state index contributed by atoms with van der Waals surface area (Å²) in [6.45, 7) is 4.43. The van der Waals surface area contributed by atoms with Gasteiger partial charge in [0.1, 0.15) is 0 Å². The number of benzene rings is 2. The van der Waals surface area contributed by atoms with E-state index >= 15 is 0 Å². The molecule has 27 heavy (non-hydrogen) atoms. The summed E-state index contributed by atoms with van der Waals surface area (Å²) in [5.41, 5.74) is 2.88. The molecule has 0 unspecified atom stereocenters. The monoisotopic (exact) mass is 361 g/mol. The van der Waals surface area contributed by atoms with E-state index in [0.717, 1.165) is 18.4 Å². The number of hydrogen-bond acceptors (Lipinski definition) is 3. The number of hydrogen-bond donors (Lipinski definition) is 1. The second-order valence-corrected chi connectivity index (χ2v) is 7.18. The lowest BCUT2D eigenvalue weighted by molar-refractivity contribution is -0.117. The van der Waals surface area contributed by atoms with Crippen molar-refractivity contribution in [3.63, 3.8) is 0 Å².